The predicted octanol–water partition coefficient (Wildman–Crippen LogP) is 0.706. The number of carbonyl (C=O) groups excluding carboxylic acids is 1. The Hall–Kier alpha value is -2.51. The van der Waals surface area contributed by atoms with Gasteiger partial charge in [0.05, 0.1) is 6.61 Å². The zero-order valence-corrected chi connectivity index (χ0v) is 13.3. The molecule has 0 bridgehead atoms. The van der Waals surface area contributed by atoms with Crippen LogP contribution < -0.4 is 11.2 Å². The molecule has 2 aromatic heterocycles. The van der Waals surface area contributed by atoms with Crippen molar-refractivity contribution in [1.29, 1.82) is 0 Å². The van der Waals surface area contributed by atoms with Crippen LogP contribution in [-0.4, -0.2) is 31.7 Å². The fourth-order valence-electron chi connectivity index (χ4n) is 2.37. The Bertz CT molecular complexity index is 809. The van der Waals surface area contributed by atoms with Gasteiger partial charge in [0, 0.05) is 31.9 Å². The minimum atomic E-state index is -0.477. The number of ether oxygens (including phenoxy) is 1. The maximum Gasteiger partial charge on any atom is 0.332 e. The Balaban J connectivity index is 2.38. The highest BCUT2D eigenvalue weighted by Crippen LogP contribution is 2.02. The normalized spacial score (nSPS) is 10.9. The topological polar surface area (TPSA) is 96.1 Å². The van der Waals surface area contributed by atoms with Crippen LogP contribution in [0.5, 0.6) is 0 Å². The van der Waals surface area contributed by atoms with E-state index in [-0.39, 0.29) is 24.5 Å². The van der Waals surface area contributed by atoms with Crippen LogP contribution in [0, 0.1) is 0 Å². The number of hydrogen-bond acceptors (Lipinski definition) is 6. The number of aryl methyl sites for hydroxylation is 1. The molecule has 0 amide bonds. The summed E-state index contributed by atoms with van der Waals surface area (Å²) in [4.78, 5) is 44.5. The maximum absolute atomic E-state index is 12.5. The highest BCUT2D eigenvalue weighted by Gasteiger charge is 2.14. The highest BCUT2D eigenvalue weighted by molar-refractivity contribution is 5.69. The Morgan fingerprint density at radius 1 is 1.13 bits per heavy atom. The van der Waals surface area contributed by atoms with Crippen molar-refractivity contribution in [3.05, 3.63) is 33.2 Å². The van der Waals surface area contributed by atoms with Gasteiger partial charge in [-0.05, 0) is 19.8 Å². The molecular weight excluding hydrogens is 300 g/mol. The van der Waals surface area contributed by atoms with Gasteiger partial charge >= 0.3 is 11.7 Å². The lowest BCUT2D eigenvalue weighted by Gasteiger charge is -2.11. The van der Waals surface area contributed by atoms with Gasteiger partial charge in [0.1, 0.15) is 0 Å². The first-order chi connectivity index (χ1) is 11.1. The molecule has 8 nitrogen and oxygen atoms in total. The number of carbonyl (C=O) groups is 1. The van der Waals surface area contributed by atoms with Crippen LogP contribution in [0.1, 0.15) is 33.1 Å². The van der Waals surface area contributed by atoms with Gasteiger partial charge in [0.2, 0.25) is 0 Å². The first-order valence-corrected chi connectivity index (χ1v) is 7.70. The summed E-state index contributed by atoms with van der Waals surface area (Å²) < 4.78 is 7.41. The number of hydrogen-bond donors (Lipinski definition) is 0. The lowest BCUT2D eigenvalue weighted by molar-refractivity contribution is -0.143. The van der Waals surface area contributed by atoms with E-state index in [1.807, 2.05) is 6.92 Å². The summed E-state index contributed by atoms with van der Waals surface area (Å²) in [5.74, 6) is -0.338. The molecule has 0 aliphatic heterocycles. The molecule has 2 aromatic rings. The van der Waals surface area contributed by atoms with Crippen LogP contribution in [0.4, 0.5) is 0 Å². The van der Waals surface area contributed by atoms with E-state index in [9.17, 15) is 14.4 Å². The van der Waals surface area contributed by atoms with Crippen molar-refractivity contribution in [1.82, 2.24) is 19.1 Å². The summed E-state index contributed by atoms with van der Waals surface area (Å²) >= 11 is 0. The van der Waals surface area contributed by atoms with E-state index in [0.29, 0.717) is 25.2 Å². The van der Waals surface area contributed by atoms with Crippen LogP contribution in [0.2, 0.25) is 0 Å². The minimum Gasteiger partial charge on any atom is -0.466 e. The second-order valence-electron chi connectivity index (χ2n) is 5.03. The van der Waals surface area contributed by atoms with E-state index < -0.39 is 11.2 Å². The fraction of sp³-hybridized carbons (Fsp3) is 0.533. The summed E-state index contributed by atoms with van der Waals surface area (Å²) in [6.07, 6.45) is 4.12. The van der Waals surface area contributed by atoms with Crippen molar-refractivity contribution in [3.63, 3.8) is 0 Å². The summed E-state index contributed by atoms with van der Waals surface area (Å²) in [7, 11) is 0. The van der Waals surface area contributed by atoms with Crippen LogP contribution in [-0.2, 0) is 22.6 Å². The molecule has 124 valence electrons. The van der Waals surface area contributed by atoms with Gasteiger partial charge in [-0.25, -0.2) is 14.8 Å². The molecule has 0 saturated heterocycles. The van der Waals surface area contributed by atoms with Gasteiger partial charge in [-0.3, -0.25) is 18.7 Å². The fourth-order valence-corrected chi connectivity index (χ4v) is 2.37. The molecule has 2 heterocycles. The molecular formula is C15H20N4O4. The van der Waals surface area contributed by atoms with E-state index in [2.05, 4.69) is 9.97 Å². The van der Waals surface area contributed by atoms with Crippen LogP contribution in [0.15, 0.2) is 22.0 Å². The number of fused-ring (bicyclic) bond motifs is 1. The Kier molecular flexibility index (Phi) is 5.61. The lowest BCUT2D eigenvalue weighted by Crippen LogP contribution is -2.41. The molecule has 8 heteroatoms. The van der Waals surface area contributed by atoms with Gasteiger partial charge in [0.15, 0.2) is 11.2 Å². The molecule has 23 heavy (non-hydrogen) atoms. The van der Waals surface area contributed by atoms with Crippen molar-refractivity contribution in [2.24, 2.45) is 0 Å². The molecule has 0 aliphatic rings. The van der Waals surface area contributed by atoms with Crippen molar-refractivity contribution in [2.45, 2.75) is 46.2 Å². The summed E-state index contributed by atoms with van der Waals surface area (Å²) in [6.45, 7) is 4.57. The molecule has 0 atom stereocenters. The second kappa shape index (κ2) is 7.66. The zero-order chi connectivity index (χ0) is 16.8. The average Bonchev–Trinajstić information content (AvgIpc) is 2.55. The number of nitrogens with zero attached hydrogens (tertiary/aromatic N) is 4. The van der Waals surface area contributed by atoms with E-state index >= 15 is 0 Å². The van der Waals surface area contributed by atoms with Gasteiger partial charge in [-0.15, -0.1) is 0 Å². The van der Waals surface area contributed by atoms with Crippen molar-refractivity contribution in [3.8, 4) is 0 Å². The smallest absolute Gasteiger partial charge is 0.332 e. The summed E-state index contributed by atoms with van der Waals surface area (Å²) in [6, 6.07) is 0. The van der Waals surface area contributed by atoms with E-state index in [4.69, 9.17) is 4.74 Å². The van der Waals surface area contributed by atoms with E-state index in [1.165, 1.54) is 17.0 Å². The largest absolute Gasteiger partial charge is 0.466 e. The molecule has 0 aromatic carbocycles. The zero-order valence-electron chi connectivity index (χ0n) is 13.3. The molecule has 0 unspecified atom stereocenters. The third kappa shape index (κ3) is 3.64. The van der Waals surface area contributed by atoms with Gasteiger partial charge in [0.25, 0.3) is 5.56 Å². The summed E-state index contributed by atoms with van der Waals surface area (Å²) in [5.41, 5.74) is -0.439. The first kappa shape index (κ1) is 16.9. The third-order valence-electron chi connectivity index (χ3n) is 3.36. The van der Waals surface area contributed by atoms with E-state index in [1.54, 1.807) is 6.92 Å². The quantitative estimate of drug-likeness (QED) is 0.697. The molecule has 2 rings (SSSR count). The van der Waals surface area contributed by atoms with E-state index in [0.717, 1.165) is 11.0 Å². The van der Waals surface area contributed by atoms with Gasteiger partial charge in [-0.1, -0.05) is 6.92 Å². The first-order valence-electron chi connectivity index (χ1n) is 7.70. The van der Waals surface area contributed by atoms with Crippen LogP contribution >= 0.6 is 0 Å². The molecule has 0 saturated carbocycles. The second-order valence-corrected chi connectivity index (χ2v) is 5.03. The van der Waals surface area contributed by atoms with Crippen LogP contribution in [0.25, 0.3) is 11.2 Å². The number of esters is 1. The Morgan fingerprint density at radius 3 is 2.57 bits per heavy atom. The predicted molar refractivity (Wildman–Crippen MR) is 84.2 cm³/mol. The standard InChI is InChI=1S/C15H20N4O4/c1-3-9-18-13-12(16-7-8-17-13)14(21)19(15(18)22)10-5-6-11(20)23-4-2/h7-8H,3-6,9-10H2,1-2H3. The summed E-state index contributed by atoms with van der Waals surface area (Å²) in [5, 5.41) is 0. The molecule has 0 aliphatic carbocycles. The Labute approximate surface area is 132 Å². The SMILES string of the molecule is CCCn1c(=O)n(CCCC(=O)OCC)c(=O)c2nccnc21. The molecule has 0 radical (unpaired) electrons. The number of rotatable bonds is 7. The van der Waals surface area contributed by atoms with Gasteiger partial charge in [-0.2, -0.15) is 0 Å². The maximum atomic E-state index is 12.5. The monoisotopic (exact) mass is 320 g/mol. The van der Waals surface area contributed by atoms with Crippen molar-refractivity contribution >= 4 is 17.1 Å². The van der Waals surface area contributed by atoms with Crippen molar-refractivity contribution < 1.29 is 9.53 Å². The van der Waals surface area contributed by atoms with Gasteiger partial charge < -0.3 is 4.74 Å². The Morgan fingerprint density at radius 2 is 1.87 bits per heavy atom. The van der Waals surface area contributed by atoms with Crippen molar-refractivity contribution in [2.75, 3.05) is 6.61 Å². The average molecular weight is 320 g/mol. The number of aromatic nitrogens is 4. The lowest BCUT2D eigenvalue weighted by atomic mass is 10.3. The minimum absolute atomic E-state index is 0.146. The van der Waals surface area contributed by atoms with Crippen LogP contribution in [0.3, 0.4) is 0 Å². The molecule has 0 N–H and O–H groups in total. The molecule has 0 spiro atoms. The highest BCUT2D eigenvalue weighted by atomic mass is 16.5. The third-order valence-corrected chi connectivity index (χ3v) is 3.36. The molecule has 0 fully saturated rings.